The van der Waals surface area contributed by atoms with E-state index in [-0.39, 0.29) is 12.3 Å². The number of pyridine rings is 1. The van der Waals surface area contributed by atoms with E-state index in [4.69, 9.17) is 4.98 Å². The smallest absolute Gasteiger partial charge is 0.251 e. The molecule has 0 spiro atoms. The van der Waals surface area contributed by atoms with E-state index in [1.54, 1.807) is 34.6 Å². The number of aromatic nitrogens is 5. The first-order chi connectivity index (χ1) is 15.2. The van der Waals surface area contributed by atoms with Gasteiger partial charge in [-0.05, 0) is 54.5 Å². The maximum absolute atomic E-state index is 12.6. The van der Waals surface area contributed by atoms with Gasteiger partial charge in [-0.2, -0.15) is 5.10 Å². The lowest BCUT2D eigenvalue weighted by Crippen LogP contribution is -2.16. The first-order valence-electron chi connectivity index (χ1n) is 10.3. The molecule has 7 nitrogen and oxygen atoms in total. The van der Waals surface area contributed by atoms with Crippen molar-refractivity contribution in [3.05, 3.63) is 71.3 Å². The topological polar surface area (TPSA) is 85.6 Å². The third-order valence-corrected chi connectivity index (χ3v) is 5.80. The first-order valence-corrected chi connectivity index (χ1v) is 11.2. The van der Waals surface area contributed by atoms with Crippen LogP contribution in [-0.4, -0.2) is 30.6 Å². The quantitative estimate of drug-likeness (QED) is 0.439. The van der Waals surface area contributed by atoms with Crippen molar-refractivity contribution < 1.29 is 4.79 Å². The third kappa shape index (κ3) is 4.86. The lowest BCUT2D eigenvalue weighted by molar-refractivity contribution is -0.115. The Labute approximate surface area is 185 Å². The molecule has 0 atom stereocenters. The molecule has 1 amide bonds. The number of nitrogens with one attached hydrogen (secondary N) is 1. The van der Waals surface area contributed by atoms with Gasteiger partial charge in [-0.3, -0.25) is 9.78 Å². The van der Waals surface area contributed by atoms with E-state index in [1.165, 1.54) is 0 Å². The van der Waals surface area contributed by atoms with E-state index < -0.39 is 0 Å². The minimum atomic E-state index is -0.0902. The van der Waals surface area contributed by atoms with Gasteiger partial charge in [0.1, 0.15) is 0 Å². The molecule has 4 heterocycles. The van der Waals surface area contributed by atoms with E-state index in [1.807, 2.05) is 36.7 Å². The molecule has 0 saturated heterocycles. The van der Waals surface area contributed by atoms with Crippen LogP contribution in [0.3, 0.4) is 0 Å². The van der Waals surface area contributed by atoms with Crippen molar-refractivity contribution in [2.75, 3.05) is 5.32 Å². The van der Waals surface area contributed by atoms with Gasteiger partial charge in [0, 0.05) is 18.6 Å². The number of hydrogen-bond donors (Lipinski definition) is 1. The monoisotopic (exact) mass is 432 g/mol. The standard InChI is InChI=1S/C23H24N6OS/c1-3-4-6-19-18(27-21(30)13-17-8-10-24-11-9-17)15-26-29(19)23-25-14-16(2)22(28-23)20-7-5-12-31-20/h5,7-12,14-15H,3-4,6,13H2,1-2H3,(H,27,30). The first kappa shape index (κ1) is 20.9. The minimum absolute atomic E-state index is 0.0902. The molecule has 0 fully saturated rings. The average molecular weight is 433 g/mol. The van der Waals surface area contributed by atoms with Gasteiger partial charge >= 0.3 is 0 Å². The number of amides is 1. The summed E-state index contributed by atoms with van der Waals surface area (Å²) in [6.07, 6.45) is 9.94. The number of carbonyl (C=O) groups excluding carboxylic acids is 1. The minimum Gasteiger partial charge on any atom is -0.323 e. The van der Waals surface area contributed by atoms with Gasteiger partial charge in [0.2, 0.25) is 5.91 Å². The van der Waals surface area contributed by atoms with Crippen LogP contribution in [0, 0.1) is 6.92 Å². The van der Waals surface area contributed by atoms with Gasteiger partial charge in [-0.1, -0.05) is 19.4 Å². The van der Waals surface area contributed by atoms with Crippen LogP contribution >= 0.6 is 11.3 Å². The van der Waals surface area contributed by atoms with E-state index in [2.05, 4.69) is 33.4 Å². The maximum Gasteiger partial charge on any atom is 0.251 e. The third-order valence-electron chi connectivity index (χ3n) is 4.93. The van der Waals surface area contributed by atoms with Crippen molar-refractivity contribution in [3.8, 4) is 16.5 Å². The highest BCUT2D eigenvalue weighted by atomic mass is 32.1. The SMILES string of the molecule is CCCCc1c(NC(=O)Cc2ccncc2)cnn1-c1ncc(C)c(-c2cccs2)n1. The molecule has 4 aromatic heterocycles. The van der Waals surface area contributed by atoms with Crippen LogP contribution in [0.1, 0.15) is 36.6 Å². The van der Waals surface area contributed by atoms with Crippen LogP contribution in [0.15, 0.2) is 54.4 Å². The molecule has 0 saturated carbocycles. The summed E-state index contributed by atoms with van der Waals surface area (Å²) >= 11 is 1.65. The fourth-order valence-corrected chi connectivity index (χ4v) is 4.09. The van der Waals surface area contributed by atoms with Gasteiger partial charge in [0.05, 0.1) is 34.6 Å². The number of thiophene rings is 1. The molecule has 0 unspecified atom stereocenters. The van der Waals surface area contributed by atoms with Crippen molar-refractivity contribution in [2.24, 2.45) is 0 Å². The van der Waals surface area contributed by atoms with Crippen LogP contribution in [0.5, 0.6) is 0 Å². The highest BCUT2D eigenvalue weighted by Crippen LogP contribution is 2.27. The van der Waals surface area contributed by atoms with Crippen molar-refractivity contribution in [1.82, 2.24) is 24.7 Å². The number of unbranched alkanes of at least 4 members (excludes halogenated alkanes) is 1. The van der Waals surface area contributed by atoms with Gasteiger partial charge < -0.3 is 5.32 Å². The molecule has 0 bridgehead atoms. The summed E-state index contributed by atoms with van der Waals surface area (Å²) in [5.41, 5.74) is 4.44. The largest absolute Gasteiger partial charge is 0.323 e. The predicted molar refractivity (Wildman–Crippen MR) is 122 cm³/mol. The molecular formula is C23H24N6OS. The Bertz CT molecular complexity index is 1150. The van der Waals surface area contributed by atoms with Gasteiger partial charge in [0.15, 0.2) is 0 Å². The molecule has 0 aromatic carbocycles. The predicted octanol–water partition coefficient (Wildman–Crippen LogP) is 4.62. The summed E-state index contributed by atoms with van der Waals surface area (Å²) < 4.78 is 1.74. The zero-order valence-electron chi connectivity index (χ0n) is 17.6. The Morgan fingerprint density at radius 3 is 2.77 bits per heavy atom. The van der Waals surface area contributed by atoms with E-state index in [9.17, 15) is 4.79 Å². The Morgan fingerprint density at radius 1 is 1.19 bits per heavy atom. The molecular weight excluding hydrogens is 408 g/mol. The maximum atomic E-state index is 12.6. The normalized spacial score (nSPS) is 10.9. The molecule has 8 heteroatoms. The number of nitrogens with zero attached hydrogens (tertiary/aromatic N) is 5. The van der Waals surface area contributed by atoms with Crippen molar-refractivity contribution in [2.45, 2.75) is 39.5 Å². The van der Waals surface area contributed by atoms with E-state index in [0.29, 0.717) is 11.6 Å². The second-order valence-electron chi connectivity index (χ2n) is 7.28. The summed E-state index contributed by atoms with van der Waals surface area (Å²) in [5.74, 6) is 0.419. The molecule has 0 radical (unpaired) electrons. The Balaban J connectivity index is 1.64. The molecule has 4 aromatic rings. The van der Waals surface area contributed by atoms with E-state index in [0.717, 1.165) is 46.7 Å². The Morgan fingerprint density at radius 2 is 2.03 bits per heavy atom. The van der Waals surface area contributed by atoms with Gasteiger partial charge in [0.25, 0.3) is 5.95 Å². The fourth-order valence-electron chi connectivity index (χ4n) is 3.31. The molecule has 0 aliphatic carbocycles. The molecule has 0 aliphatic heterocycles. The van der Waals surface area contributed by atoms with Crippen LogP contribution in [-0.2, 0) is 17.6 Å². The average Bonchev–Trinajstić information content (AvgIpc) is 3.44. The molecule has 0 aliphatic rings. The number of carbonyl (C=O) groups is 1. The zero-order chi connectivity index (χ0) is 21.6. The Kier molecular flexibility index (Phi) is 6.47. The highest BCUT2D eigenvalue weighted by Gasteiger charge is 2.17. The van der Waals surface area contributed by atoms with Gasteiger partial charge in [-0.15, -0.1) is 11.3 Å². The lowest BCUT2D eigenvalue weighted by Gasteiger charge is -2.11. The second kappa shape index (κ2) is 9.61. The summed E-state index contributed by atoms with van der Waals surface area (Å²) in [6.45, 7) is 4.14. The number of aryl methyl sites for hydroxylation is 1. The summed E-state index contributed by atoms with van der Waals surface area (Å²) in [6, 6.07) is 7.74. The number of hydrogen-bond acceptors (Lipinski definition) is 6. The van der Waals surface area contributed by atoms with Crippen molar-refractivity contribution >= 4 is 22.9 Å². The molecule has 31 heavy (non-hydrogen) atoms. The molecule has 4 rings (SSSR count). The van der Waals surface area contributed by atoms with E-state index >= 15 is 0 Å². The van der Waals surface area contributed by atoms with Crippen LogP contribution in [0.2, 0.25) is 0 Å². The summed E-state index contributed by atoms with van der Waals surface area (Å²) in [4.78, 5) is 27.0. The van der Waals surface area contributed by atoms with Gasteiger partial charge in [-0.25, -0.2) is 14.6 Å². The Hall–Kier alpha value is -3.39. The summed E-state index contributed by atoms with van der Waals surface area (Å²) in [7, 11) is 0. The molecule has 158 valence electrons. The number of rotatable bonds is 8. The molecule has 1 N–H and O–H groups in total. The summed E-state index contributed by atoms with van der Waals surface area (Å²) in [5, 5.41) is 9.57. The highest BCUT2D eigenvalue weighted by molar-refractivity contribution is 7.13. The fraction of sp³-hybridized carbons (Fsp3) is 0.261. The van der Waals surface area contributed by atoms with Crippen LogP contribution in [0.4, 0.5) is 5.69 Å². The zero-order valence-corrected chi connectivity index (χ0v) is 18.4. The second-order valence-corrected chi connectivity index (χ2v) is 8.23. The lowest BCUT2D eigenvalue weighted by atomic mass is 10.1. The van der Waals surface area contributed by atoms with Crippen LogP contribution < -0.4 is 5.32 Å². The van der Waals surface area contributed by atoms with Crippen LogP contribution in [0.25, 0.3) is 16.5 Å². The number of anilines is 1. The van der Waals surface area contributed by atoms with Crippen molar-refractivity contribution in [1.29, 1.82) is 0 Å². The van der Waals surface area contributed by atoms with Crippen molar-refractivity contribution in [3.63, 3.8) is 0 Å².